The van der Waals surface area contributed by atoms with E-state index in [2.05, 4.69) is 0 Å². The fourth-order valence-electron chi connectivity index (χ4n) is 4.59. The molecule has 0 radical (unpaired) electrons. The SMILES string of the molecule is O=C(c1ccccc1)c1ccc(C2OC2COCC2OC2c2ccc(C(=O)c3ccccc3)cc2)cc1. The first-order chi connectivity index (χ1) is 18.2. The van der Waals surface area contributed by atoms with E-state index in [-0.39, 0.29) is 36.0 Å². The third-order valence-electron chi connectivity index (χ3n) is 6.80. The average molecular weight is 491 g/mol. The molecule has 0 aromatic heterocycles. The molecule has 2 saturated heterocycles. The van der Waals surface area contributed by atoms with Crippen molar-refractivity contribution in [1.82, 2.24) is 0 Å². The lowest BCUT2D eigenvalue weighted by Crippen LogP contribution is -2.08. The van der Waals surface area contributed by atoms with Gasteiger partial charge in [-0.15, -0.1) is 0 Å². The molecule has 4 aromatic carbocycles. The van der Waals surface area contributed by atoms with Gasteiger partial charge in [0.15, 0.2) is 11.6 Å². The lowest BCUT2D eigenvalue weighted by Gasteiger charge is -2.03. The van der Waals surface area contributed by atoms with Crippen LogP contribution in [0.1, 0.15) is 55.2 Å². The molecule has 37 heavy (non-hydrogen) atoms. The van der Waals surface area contributed by atoms with E-state index in [1.165, 1.54) is 0 Å². The maximum atomic E-state index is 12.6. The highest BCUT2D eigenvalue weighted by Crippen LogP contribution is 2.41. The summed E-state index contributed by atoms with van der Waals surface area (Å²) in [6, 6.07) is 33.8. The Morgan fingerprint density at radius 1 is 0.514 bits per heavy atom. The Bertz CT molecular complexity index is 1270. The Hall–Kier alpha value is -3.90. The molecular weight excluding hydrogens is 464 g/mol. The van der Waals surface area contributed by atoms with E-state index in [0.717, 1.165) is 11.1 Å². The van der Waals surface area contributed by atoms with Crippen molar-refractivity contribution in [3.8, 4) is 0 Å². The van der Waals surface area contributed by atoms with Crippen molar-refractivity contribution in [2.24, 2.45) is 0 Å². The Morgan fingerprint density at radius 2 is 0.865 bits per heavy atom. The Kier molecular flexibility index (Phi) is 6.49. The van der Waals surface area contributed by atoms with Gasteiger partial charge in [-0.3, -0.25) is 9.59 Å². The molecule has 2 aliphatic rings. The molecule has 5 heteroatoms. The fraction of sp³-hybridized carbons (Fsp3) is 0.188. The van der Waals surface area contributed by atoms with Crippen LogP contribution in [0.2, 0.25) is 0 Å². The molecule has 2 fully saturated rings. The van der Waals surface area contributed by atoms with Gasteiger partial charge in [0, 0.05) is 22.3 Å². The van der Waals surface area contributed by atoms with Crippen LogP contribution < -0.4 is 0 Å². The Labute approximate surface area is 215 Å². The van der Waals surface area contributed by atoms with E-state index in [1.807, 2.05) is 109 Å². The van der Waals surface area contributed by atoms with E-state index in [4.69, 9.17) is 14.2 Å². The summed E-state index contributed by atoms with van der Waals surface area (Å²) in [4.78, 5) is 25.1. The monoisotopic (exact) mass is 490 g/mol. The molecule has 4 atom stereocenters. The molecular formula is C32H26O5. The van der Waals surface area contributed by atoms with E-state index in [9.17, 15) is 9.59 Å². The highest BCUT2D eigenvalue weighted by atomic mass is 16.6. The van der Waals surface area contributed by atoms with Crippen molar-refractivity contribution in [3.05, 3.63) is 143 Å². The molecule has 0 bridgehead atoms. The molecule has 0 aliphatic carbocycles. The first kappa shape index (κ1) is 23.5. The van der Waals surface area contributed by atoms with E-state index >= 15 is 0 Å². The number of ether oxygens (including phenoxy) is 3. The average Bonchev–Trinajstić information content (AvgIpc) is 3.90. The molecule has 4 aromatic rings. The molecule has 0 saturated carbocycles. The van der Waals surface area contributed by atoms with Gasteiger partial charge in [0.2, 0.25) is 0 Å². The minimum Gasteiger partial charge on any atom is -0.376 e. The highest BCUT2D eigenvalue weighted by Gasteiger charge is 2.43. The number of ketones is 2. The molecule has 0 spiro atoms. The van der Waals surface area contributed by atoms with Gasteiger partial charge in [-0.1, -0.05) is 109 Å². The van der Waals surface area contributed by atoms with Gasteiger partial charge in [-0.05, 0) is 11.1 Å². The first-order valence-corrected chi connectivity index (χ1v) is 12.5. The fourth-order valence-corrected chi connectivity index (χ4v) is 4.59. The van der Waals surface area contributed by atoms with E-state index < -0.39 is 0 Å². The zero-order valence-corrected chi connectivity index (χ0v) is 20.2. The van der Waals surface area contributed by atoms with Crippen LogP contribution in [-0.4, -0.2) is 37.0 Å². The third-order valence-corrected chi connectivity index (χ3v) is 6.80. The van der Waals surface area contributed by atoms with Crippen LogP contribution in [0, 0.1) is 0 Å². The van der Waals surface area contributed by atoms with E-state index in [0.29, 0.717) is 35.5 Å². The van der Waals surface area contributed by atoms with Crippen molar-refractivity contribution < 1.29 is 23.8 Å². The van der Waals surface area contributed by atoms with Crippen LogP contribution >= 0.6 is 0 Å². The molecule has 0 N–H and O–H groups in total. The van der Waals surface area contributed by atoms with Crippen LogP contribution in [0.25, 0.3) is 0 Å². The van der Waals surface area contributed by atoms with Gasteiger partial charge in [0.25, 0.3) is 0 Å². The summed E-state index contributed by atoms with van der Waals surface area (Å²) in [6.07, 6.45) is 0.00491. The quantitative estimate of drug-likeness (QED) is 0.209. The van der Waals surface area contributed by atoms with Gasteiger partial charge >= 0.3 is 0 Å². The second kappa shape index (κ2) is 10.2. The second-order valence-electron chi connectivity index (χ2n) is 9.36. The van der Waals surface area contributed by atoms with Crippen molar-refractivity contribution in [3.63, 3.8) is 0 Å². The molecule has 0 amide bonds. The molecule has 2 heterocycles. The second-order valence-corrected chi connectivity index (χ2v) is 9.36. The molecule has 2 aliphatic heterocycles. The van der Waals surface area contributed by atoms with Gasteiger partial charge < -0.3 is 14.2 Å². The summed E-state index contributed by atoms with van der Waals surface area (Å²) < 4.78 is 17.4. The van der Waals surface area contributed by atoms with Crippen molar-refractivity contribution >= 4 is 11.6 Å². The molecule has 184 valence electrons. The Morgan fingerprint density at radius 3 is 1.24 bits per heavy atom. The summed E-state index contributed by atoms with van der Waals surface area (Å²) >= 11 is 0. The number of epoxide rings is 2. The predicted octanol–water partition coefficient (Wildman–Crippen LogP) is 5.75. The van der Waals surface area contributed by atoms with Gasteiger partial charge in [0.1, 0.15) is 24.4 Å². The van der Waals surface area contributed by atoms with Crippen LogP contribution in [0.3, 0.4) is 0 Å². The van der Waals surface area contributed by atoms with Crippen molar-refractivity contribution in [2.45, 2.75) is 24.4 Å². The zero-order chi connectivity index (χ0) is 25.2. The summed E-state index contributed by atoms with van der Waals surface area (Å²) in [6.45, 7) is 0.985. The van der Waals surface area contributed by atoms with E-state index in [1.54, 1.807) is 0 Å². The van der Waals surface area contributed by atoms with Crippen LogP contribution in [0.5, 0.6) is 0 Å². The first-order valence-electron chi connectivity index (χ1n) is 12.5. The number of benzene rings is 4. The topological polar surface area (TPSA) is 68.4 Å². The zero-order valence-electron chi connectivity index (χ0n) is 20.2. The van der Waals surface area contributed by atoms with Gasteiger partial charge in [0.05, 0.1) is 13.2 Å². The minimum absolute atomic E-state index is 0.00788. The van der Waals surface area contributed by atoms with Gasteiger partial charge in [-0.25, -0.2) is 0 Å². The number of carbonyl (C=O) groups is 2. The molecule has 5 nitrogen and oxygen atoms in total. The van der Waals surface area contributed by atoms with Crippen molar-refractivity contribution in [2.75, 3.05) is 13.2 Å². The van der Waals surface area contributed by atoms with Crippen LogP contribution in [-0.2, 0) is 14.2 Å². The number of rotatable bonds is 10. The summed E-state index contributed by atoms with van der Waals surface area (Å²) in [5.74, 6) is 0.0281. The van der Waals surface area contributed by atoms with Crippen LogP contribution in [0.4, 0.5) is 0 Å². The molecule has 6 rings (SSSR count). The molecule has 4 unspecified atom stereocenters. The van der Waals surface area contributed by atoms with Gasteiger partial charge in [-0.2, -0.15) is 0 Å². The summed E-state index contributed by atoms with van der Waals surface area (Å²) in [5.41, 5.74) is 4.78. The maximum Gasteiger partial charge on any atom is 0.193 e. The largest absolute Gasteiger partial charge is 0.376 e. The third kappa shape index (κ3) is 5.30. The standard InChI is InChI=1S/C32H26O5/c33-29(21-7-3-1-4-8-21)23-11-15-25(16-12-23)31-27(36-31)19-35-20-28-32(37-28)26-17-13-24(14-18-26)30(34)22-9-5-2-6-10-22/h1-18,27-28,31-32H,19-20H2. The normalized spacial score (nSPS) is 21.8. The smallest absolute Gasteiger partial charge is 0.193 e. The number of hydrogen-bond donors (Lipinski definition) is 0. The Balaban J connectivity index is 0.948. The number of hydrogen-bond acceptors (Lipinski definition) is 5. The van der Waals surface area contributed by atoms with Crippen molar-refractivity contribution in [1.29, 1.82) is 0 Å². The summed E-state index contributed by atoms with van der Waals surface area (Å²) in [5, 5.41) is 0. The summed E-state index contributed by atoms with van der Waals surface area (Å²) in [7, 11) is 0. The lowest BCUT2D eigenvalue weighted by atomic mass is 10.0. The predicted molar refractivity (Wildman–Crippen MR) is 139 cm³/mol. The maximum absolute atomic E-state index is 12.6. The number of carbonyl (C=O) groups excluding carboxylic acids is 2. The minimum atomic E-state index is -0.00788. The lowest BCUT2D eigenvalue weighted by molar-refractivity contribution is 0.102. The highest BCUT2D eigenvalue weighted by molar-refractivity contribution is 6.09. The van der Waals surface area contributed by atoms with Crippen LogP contribution in [0.15, 0.2) is 109 Å².